The third kappa shape index (κ3) is 6.19. The van der Waals surface area contributed by atoms with Gasteiger partial charge in [-0.25, -0.2) is 15.0 Å². The number of rotatable bonds is 10. The van der Waals surface area contributed by atoms with Crippen molar-refractivity contribution in [3.8, 4) is 0 Å². The molecule has 1 aromatic rings. The summed E-state index contributed by atoms with van der Waals surface area (Å²) in [7, 11) is 0. The molecule has 2 N–H and O–H groups in total. The number of nitrogens with one attached hydrogen (secondary N) is 2. The maximum atomic E-state index is 14.0. The number of hydrogen-bond acceptors (Lipinski definition) is 6. The first kappa shape index (κ1) is 26.6. The van der Waals surface area contributed by atoms with Crippen molar-refractivity contribution in [2.75, 3.05) is 11.9 Å². The van der Waals surface area contributed by atoms with Gasteiger partial charge in [-0.1, -0.05) is 26.0 Å². The van der Waals surface area contributed by atoms with Crippen LogP contribution in [0.1, 0.15) is 85.4 Å². The number of amides is 1. The van der Waals surface area contributed by atoms with E-state index in [9.17, 15) is 4.79 Å². The SMILES string of the molecule is C=C(C)/C(C(C(=O)N1CCc2c(ncnc2NC(CC)CC)C1)=C(C)C)=C(\N=C/C)NC1(C)CC1. The van der Waals surface area contributed by atoms with Gasteiger partial charge in [0.05, 0.1) is 12.2 Å². The van der Waals surface area contributed by atoms with E-state index in [4.69, 9.17) is 0 Å². The van der Waals surface area contributed by atoms with Crippen LogP contribution in [0.3, 0.4) is 0 Å². The van der Waals surface area contributed by atoms with Crippen molar-refractivity contribution >= 4 is 17.9 Å². The van der Waals surface area contributed by atoms with E-state index < -0.39 is 0 Å². The molecular formula is C28H42N6O. The van der Waals surface area contributed by atoms with Gasteiger partial charge in [0.15, 0.2) is 0 Å². The Kier molecular flexibility index (Phi) is 8.51. The molecule has 190 valence electrons. The van der Waals surface area contributed by atoms with Crippen molar-refractivity contribution in [3.05, 3.63) is 52.3 Å². The van der Waals surface area contributed by atoms with Gasteiger partial charge in [0.2, 0.25) is 0 Å². The number of aromatic nitrogens is 2. The van der Waals surface area contributed by atoms with Crippen molar-refractivity contribution in [3.63, 3.8) is 0 Å². The third-order valence-corrected chi connectivity index (χ3v) is 6.93. The van der Waals surface area contributed by atoms with Crippen LogP contribution in [0.2, 0.25) is 0 Å². The van der Waals surface area contributed by atoms with E-state index in [0.29, 0.717) is 24.7 Å². The summed E-state index contributed by atoms with van der Waals surface area (Å²) in [5, 5.41) is 7.16. The number of carbonyl (C=O) groups excluding carboxylic acids is 1. The Balaban J connectivity index is 1.94. The highest BCUT2D eigenvalue weighted by Gasteiger charge is 2.39. The summed E-state index contributed by atoms with van der Waals surface area (Å²) >= 11 is 0. The predicted molar refractivity (Wildman–Crippen MR) is 144 cm³/mol. The summed E-state index contributed by atoms with van der Waals surface area (Å²) in [6.07, 6.45) is 8.35. The molecule has 0 radical (unpaired) electrons. The van der Waals surface area contributed by atoms with Gasteiger partial charge >= 0.3 is 0 Å². The smallest absolute Gasteiger partial charge is 0.254 e. The van der Waals surface area contributed by atoms with Gasteiger partial charge in [-0.3, -0.25) is 4.79 Å². The molecule has 1 aromatic heterocycles. The fourth-order valence-corrected chi connectivity index (χ4v) is 4.49. The molecule has 1 saturated carbocycles. The topological polar surface area (TPSA) is 82.5 Å². The second-order valence-corrected chi connectivity index (χ2v) is 10.2. The van der Waals surface area contributed by atoms with Crippen LogP contribution in [-0.2, 0) is 17.8 Å². The first-order valence-electron chi connectivity index (χ1n) is 12.9. The fraction of sp³-hybridized carbons (Fsp3) is 0.571. The van der Waals surface area contributed by atoms with Crippen LogP contribution in [0.5, 0.6) is 0 Å². The zero-order chi connectivity index (χ0) is 25.8. The van der Waals surface area contributed by atoms with Gasteiger partial charge < -0.3 is 15.5 Å². The number of fused-ring (bicyclic) bond motifs is 1. The maximum Gasteiger partial charge on any atom is 0.254 e. The van der Waals surface area contributed by atoms with E-state index in [0.717, 1.165) is 71.7 Å². The average Bonchev–Trinajstić information content (AvgIpc) is 3.55. The molecule has 1 amide bonds. The van der Waals surface area contributed by atoms with Crippen molar-refractivity contribution in [1.82, 2.24) is 20.2 Å². The summed E-state index contributed by atoms with van der Waals surface area (Å²) in [4.78, 5) is 29.6. The minimum Gasteiger partial charge on any atom is -0.367 e. The standard InChI is InChI=1S/C28H42N6O/c1-9-20(10-2)32-25-21-12-15-34(16-22(21)30-17-31-25)27(35)24(19(6)7)23(18(4)5)26(29-11-3)33-28(8)13-14-28/h11,17,20,33H,4,9-10,12-16H2,1-3,5-8H3,(H,30,31,32)/b26-23-,29-11-. The molecule has 0 spiro atoms. The van der Waals surface area contributed by atoms with Crippen LogP contribution < -0.4 is 10.6 Å². The molecular weight excluding hydrogens is 436 g/mol. The molecule has 2 heterocycles. The number of aliphatic imine (C=N–C) groups is 1. The number of carbonyl (C=O) groups is 1. The summed E-state index contributed by atoms with van der Waals surface area (Å²) in [5.41, 5.74) is 5.30. The Morgan fingerprint density at radius 2 is 1.91 bits per heavy atom. The van der Waals surface area contributed by atoms with E-state index in [2.05, 4.69) is 52.9 Å². The molecule has 0 aromatic carbocycles. The van der Waals surface area contributed by atoms with Crippen LogP contribution in [0.15, 0.2) is 46.0 Å². The second-order valence-electron chi connectivity index (χ2n) is 10.2. The van der Waals surface area contributed by atoms with E-state index >= 15 is 0 Å². The van der Waals surface area contributed by atoms with Crippen molar-refractivity contribution < 1.29 is 4.79 Å². The lowest BCUT2D eigenvalue weighted by molar-refractivity contribution is -0.127. The fourth-order valence-electron chi connectivity index (χ4n) is 4.49. The Morgan fingerprint density at radius 3 is 2.46 bits per heavy atom. The molecule has 35 heavy (non-hydrogen) atoms. The predicted octanol–water partition coefficient (Wildman–Crippen LogP) is 5.32. The van der Waals surface area contributed by atoms with Crippen LogP contribution >= 0.6 is 0 Å². The highest BCUT2D eigenvalue weighted by Crippen LogP contribution is 2.37. The minimum atomic E-state index is -0.00619. The first-order valence-corrected chi connectivity index (χ1v) is 12.9. The van der Waals surface area contributed by atoms with Gasteiger partial charge in [0.1, 0.15) is 18.0 Å². The molecule has 0 atom stereocenters. The van der Waals surface area contributed by atoms with Crippen molar-refractivity contribution in [2.24, 2.45) is 4.99 Å². The normalized spacial score (nSPS) is 17.1. The summed E-state index contributed by atoms with van der Waals surface area (Å²) < 4.78 is 0. The van der Waals surface area contributed by atoms with Gasteiger partial charge in [-0.2, -0.15) is 0 Å². The Hall–Kier alpha value is -2.96. The maximum absolute atomic E-state index is 14.0. The lowest BCUT2D eigenvalue weighted by Crippen LogP contribution is -2.39. The molecule has 7 heteroatoms. The van der Waals surface area contributed by atoms with E-state index in [1.165, 1.54) is 0 Å². The third-order valence-electron chi connectivity index (χ3n) is 6.93. The van der Waals surface area contributed by atoms with Crippen LogP contribution in [-0.4, -0.2) is 45.1 Å². The molecule has 2 aliphatic rings. The lowest BCUT2D eigenvalue weighted by atomic mass is 9.93. The lowest BCUT2D eigenvalue weighted by Gasteiger charge is -2.31. The van der Waals surface area contributed by atoms with E-state index in [1.807, 2.05) is 32.6 Å². The van der Waals surface area contributed by atoms with Gasteiger partial charge in [-0.15, -0.1) is 0 Å². The van der Waals surface area contributed by atoms with E-state index in [1.54, 1.807) is 12.5 Å². The summed E-state index contributed by atoms with van der Waals surface area (Å²) in [6.45, 7) is 19.7. The number of nitrogens with zero attached hydrogens (tertiary/aromatic N) is 4. The van der Waals surface area contributed by atoms with Gasteiger partial charge in [0, 0.05) is 41.0 Å². The highest BCUT2D eigenvalue weighted by atomic mass is 16.2. The molecule has 0 bridgehead atoms. The molecule has 1 aliphatic heterocycles. The quantitative estimate of drug-likeness (QED) is 0.270. The Morgan fingerprint density at radius 1 is 1.23 bits per heavy atom. The zero-order valence-corrected chi connectivity index (χ0v) is 22.6. The second kappa shape index (κ2) is 11.2. The van der Waals surface area contributed by atoms with Crippen LogP contribution in [0.4, 0.5) is 5.82 Å². The van der Waals surface area contributed by atoms with E-state index in [-0.39, 0.29) is 11.4 Å². The van der Waals surface area contributed by atoms with Gasteiger partial charge in [0.25, 0.3) is 5.91 Å². The molecule has 1 fully saturated rings. The number of allylic oxidation sites excluding steroid dienone is 2. The van der Waals surface area contributed by atoms with Crippen LogP contribution in [0.25, 0.3) is 0 Å². The monoisotopic (exact) mass is 478 g/mol. The van der Waals surface area contributed by atoms with Crippen molar-refractivity contribution in [2.45, 2.75) is 98.7 Å². The largest absolute Gasteiger partial charge is 0.367 e. The number of anilines is 1. The summed E-state index contributed by atoms with van der Waals surface area (Å²) in [5.74, 6) is 1.62. The molecule has 1 aliphatic carbocycles. The van der Waals surface area contributed by atoms with Crippen molar-refractivity contribution in [1.29, 1.82) is 0 Å². The molecule has 0 saturated heterocycles. The summed E-state index contributed by atoms with van der Waals surface area (Å²) in [6, 6.07) is 0.382. The average molecular weight is 479 g/mol. The first-order chi connectivity index (χ1) is 16.6. The molecule has 0 unspecified atom stereocenters. The van der Waals surface area contributed by atoms with Crippen LogP contribution in [0, 0.1) is 0 Å². The number of hydrogen-bond donors (Lipinski definition) is 2. The zero-order valence-electron chi connectivity index (χ0n) is 22.6. The minimum absolute atomic E-state index is 0.00619. The Bertz CT molecular complexity index is 1060. The highest BCUT2D eigenvalue weighted by molar-refractivity contribution is 6.00. The molecule has 7 nitrogen and oxygen atoms in total. The van der Waals surface area contributed by atoms with Gasteiger partial charge in [-0.05, 0) is 72.3 Å². The Labute approximate surface area is 210 Å². The molecule has 3 rings (SSSR count).